The summed E-state index contributed by atoms with van der Waals surface area (Å²) >= 11 is 0. The lowest BCUT2D eigenvalue weighted by molar-refractivity contribution is 0.210. The SMILES string of the molecule is Cc1ccc([C@@H](O)c2ccccc2S(=O)(=O)N2CCC[C@H]2CO)cc1. The number of aliphatic hydroxyl groups excluding tert-OH is 2. The first-order valence-corrected chi connectivity index (χ1v) is 9.85. The van der Waals surface area contributed by atoms with Gasteiger partial charge in [0.15, 0.2) is 0 Å². The Labute approximate surface area is 148 Å². The van der Waals surface area contributed by atoms with Gasteiger partial charge in [0.1, 0.15) is 6.10 Å². The molecule has 5 nitrogen and oxygen atoms in total. The maximum Gasteiger partial charge on any atom is 0.243 e. The molecular weight excluding hydrogens is 338 g/mol. The van der Waals surface area contributed by atoms with E-state index in [4.69, 9.17) is 0 Å². The Balaban J connectivity index is 2.02. The summed E-state index contributed by atoms with van der Waals surface area (Å²) in [5, 5.41) is 20.2. The number of rotatable bonds is 5. The molecule has 0 aromatic heterocycles. The van der Waals surface area contributed by atoms with Crippen molar-refractivity contribution < 1.29 is 18.6 Å². The Hall–Kier alpha value is -1.73. The lowest BCUT2D eigenvalue weighted by Crippen LogP contribution is -2.38. The van der Waals surface area contributed by atoms with Crippen molar-refractivity contribution in [3.63, 3.8) is 0 Å². The van der Waals surface area contributed by atoms with Gasteiger partial charge in [0, 0.05) is 18.2 Å². The van der Waals surface area contributed by atoms with Crippen molar-refractivity contribution >= 4 is 10.0 Å². The molecule has 2 N–H and O–H groups in total. The van der Waals surface area contributed by atoms with Gasteiger partial charge >= 0.3 is 0 Å². The molecule has 134 valence electrons. The largest absolute Gasteiger partial charge is 0.395 e. The van der Waals surface area contributed by atoms with Gasteiger partial charge < -0.3 is 10.2 Å². The molecular formula is C19H23NO4S. The van der Waals surface area contributed by atoms with Crippen molar-refractivity contribution in [1.29, 1.82) is 0 Å². The molecule has 1 saturated heterocycles. The minimum absolute atomic E-state index is 0.100. The Bertz CT molecular complexity index is 833. The molecule has 2 atom stereocenters. The second-order valence-corrected chi connectivity index (χ2v) is 8.30. The number of nitrogens with zero attached hydrogens (tertiary/aromatic N) is 1. The zero-order valence-corrected chi connectivity index (χ0v) is 15.0. The Morgan fingerprint density at radius 3 is 2.52 bits per heavy atom. The number of aryl methyl sites for hydroxylation is 1. The minimum Gasteiger partial charge on any atom is -0.395 e. The van der Waals surface area contributed by atoms with E-state index in [1.807, 2.05) is 19.1 Å². The fourth-order valence-electron chi connectivity index (χ4n) is 3.30. The number of hydrogen-bond acceptors (Lipinski definition) is 4. The monoisotopic (exact) mass is 361 g/mol. The average Bonchev–Trinajstić information content (AvgIpc) is 3.11. The predicted octanol–water partition coefficient (Wildman–Crippen LogP) is 2.22. The summed E-state index contributed by atoms with van der Waals surface area (Å²) in [6, 6.07) is 13.5. The van der Waals surface area contributed by atoms with Gasteiger partial charge in [-0.25, -0.2) is 8.42 Å². The van der Waals surface area contributed by atoms with Gasteiger partial charge in [-0.15, -0.1) is 0 Å². The highest BCUT2D eigenvalue weighted by Gasteiger charge is 2.36. The number of benzene rings is 2. The van der Waals surface area contributed by atoms with Gasteiger partial charge in [0.2, 0.25) is 10.0 Å². The molecule has 1 heterocycles. The molecule has 0 aliphatic carbocycles. The maximum atomic E-state index is 13.1. The van der Waals surface area contributed by atoms with Crippen LogP contribution in [-0.4, -0.2) is 42.1 Å². The normalized spacial score (nSPS) is 19.9. The van der Waals surface area contributed by atoms with Crippen LogP contribution in [0.3, 0.4) is 0 Å². The highest BCUT2D eigenvalue weighted by molar-refractivity contribution is 7.89. The fraction of sp³-hybridized carbons (Fsp3) is 0.368. The summed E-state index contributed by atoms with van der Waals surface area (Å²) in [7, 11) is -3.78. The van der Waals surface area contributed by atoms with E-state index >= 15 is 0 Å². The number of aliphatic hydroxyl groups is 2. The molecule has 0 radical (unpaired) electrons. The van der Waals surface area contributed by atoms with Crippen LogP contribution >= 0.6 is 0 Å². The van der Waals surface area contributed by atoms with Crippen LogP contribution in [0.15, 0.2) is 53.4 Å². The molecule has 0 unspecified atom stereocenters. The maximum absolute atomic E-state index is 13.1. The van der Waals surface area contributed by atoms with Gasteiger partial charge in [0.05, 0.1) is 11.5 Å². The van der Waals surface area contributed by atoms with Crippen molar-refractivity contribution in [3.8, 4) is 0 Å². The molecule has 25 heavy (non-hydrogen) atoms. The summed E-state index contributed by atoms with van der Waals surface area (Å²) in [6.07, 6.45) is 0.354. The van der Waals surface area contributed by atoms with Crippen LogP contribution in [0.5, 0.6) is 0 Å². The van der Waals surface area contributed by atoms with Gasteiger partial charge in [0.25, 0.3) is 0 Å². The first-order valence-electron chi connectivity index (χ1n) is 8.41. The summed E-state index contributed by atoms with van der Waals surface area (Å²) in [6.45, 7) is 2.15. The highest BCUT2D eigenvalue weighted by Crippen LogP contribution is 2.32. The van der Waals surface area contributed by atoms with E-state index in [0.717, 1.165) is 12.0 Å². The highest BCUT2D eigenvalue weighted by atomic mass is 32.2. The van der Waals surface area contributed by atoms with Crippen molar-refractivity contribution in [2.45, 2.75) is 36.8 Å². The second kappa shape index (κ2) is 7.25. The Morgan fingerprint density at radius 2 is 1.84 bits per heavy atom. The summed E-state index contributed by atoms with van der Waals surface area (Å²) in [5.74, 6) is 0. The van der Waals surface area contributed by atoms with E-state index in [0.29, 0.717) is 24.1 Å². The van der Waals surface area contributed by atoms with Crippen LogP contribution < -0.4 is 0 Å². The number of hydrogen-bond donors (Lipinski definition) is 2. The summed E-state index contributed by atoms with van der Waals surface area (Å²) in [5.41, 5.74) is 2.07. The van der Waals surface area contributed by atoms with Gasteiger partial charge in [-0.3, -0.25) is 0 Å². The van der Waals surface area contributed by atoms with Gasteiger partial charge in [-0.2, -0.15) is 4.31 Å². The molecule has 1 aliphatic heterocycles. The zero-order chi connectivity index (χ0) is 18.0. The molecule has 3 rings (SSSR count). The Kier molecular flexibility index (Phi) is 5.24. The van der Waals surface area contributed by atoms with Crippen molar-refractivity contribution in [2.24, 2.45) is 0 Å². The smallest absolute Gasteiger partial charge is 0.243 e. The molecule has 0 amide bonds. The van der Waals surface area contributed by atoms with Crippen molar-refractivity contribution in [2.75, 3.05) is 13.2 Å². The van der Waals surface area contributed by atoms with E-state index in [9.17, 15) is 18.6 Å². The summed E-state index contributed by atoms with van der Waals surface area (Å²) in [4.78, 5) is 0.100. The third-order valence-corrected chi connectivity index (χ3v) is 6.75. The summed E-state index contributed by atoms with van der Waals surface area (Å²) < 4.78 is 27.6. The van der Waals surface area contributed by atoms with E-state index in [1.54, 1.807) is 30.3 Å². The van der Waals surface area contributed by atoms with Crippen LogP contribution in [0.4, 0.5) is 0 Å². The van der Waals surface area contributed by atoms with Crippen LogP contribution in [0.2, 0.25) is 0 Å². The standard InChI is InChI=1S/C19H23NO4S/c1-14-8-10-15(11-9-14)19(22)17-6-2-3-7-18(17)25(23,24)20-12-4-5-16(20)13-21/h2-3,6-11,16,19,21-22H,4-5,12-13H2,1H3/t16-,19+/m0/s1. The van der Waals surface area contributed by atoms with E-state index in [1.165, 1.54) is 10.4 Å². The molecule has 6 heteroatoms. The van der Waals surface area contributed by atoms with Crippen molar-refractivity contribution in [3.05, 3.63) is 65.2 Å². The third-order valence-electron chi connectivity index (χ3n) is 4.73. The van der Waals surface area contributed by atoms with E-state index in [-0.39, 0.29) is 11.5 Å². The topological polar surface area (TPSA) is 77.8 Å². The van der Waals surface area contributed by atoms with Crippen molar-refractivity contribution in [1.82, 2.24) is 4.31 Å². The molecule has 0 saturated carbocycles. The minimum atomic E-state index is -3.78. The Morgan fingerprint density at radius 1 is 1.16 bits per heavy atom. The van der Waals surface area contributed by atoms with Crippen LogP contribution in [0.25, 0.3) is 0 Å². The molecule has 1 aliphatic rings. The van der Waals surface area contributed by atoms with Gasteiger partial charge in [-0.05, 0) is 31.4 Å². The predicted molar refractivity (Wildman–Crippen MR) is 95.7 cm³/mol. The lowest BCUT2D eigenvalue weighted by Gasteiger charge is -2.25. The molecule has 1 fully saturated rings. The number of sulfonamides is 1. The molecule has 2 aromatic rings. The van der Waals surface area contributed by atoms with E-state index in [2.05, 4.69) is 0 Å². The molecule has 0 spiro atoms. The zero-order valence-electron chi connectivity index (χ0n) is 14.2. The van der Waals surface area contributed by atoms with Crippen LogP contribution in [0, 0.1) is 6.92 Å². The quantitative estimate of drug-likeness (QED) is 0.856. The molecule has 2 aromatic carbocycles. The fourth-order valence-corrected chi connectivity index (χ4v) is 5.22. The molecule has 0 bridgehead atoms. The first kappa shape index (κ1) is 18.1. The second-order valence-electron chi connectivity index (χ2n) is 6.45. The van der Waals surface area contributed by atoms with Crippen LogP contribution in [-0.2, 0) is 10.0 Å². The average molecular weight is 361 g/mol. The van der Waals surface area contributed by atoms with Crippen LogP contribution in [0.1, 0.15) is 35.6 Å². The van der Waals surface area contributed by atoms with Gasteiger partial charge in [-0.1, -0.05) is 48.0 Å². The van der Waals surface area contributed by atoms with E-state index < -0.39 is 22.2 Å². The third kappa shape index (κ3) is 3.48. The lowest BCUT2D eigenvalue weighted by atomic mass is 10.0. The first-order chi connectivity index (χ1) is 11.9.